The van der Waals surface area contributed by atoms with E-state index in [4.69, 9.17) is 0 Å². The van der Waals surface area contributed by atoms with Gasteiger partial charge in [-0.15, -0.1) is 0 Å². The summed E-state index contributed by atoms with van der Waals surface area (Å²) in [6.45, 7) is 0.716. The van der Waals surface area contributed by atoms with Crippen LogP contribution < -0.4 is 10.6 Å². The number of amides is 2. The van der Waals surface area contributed by atoms with Crippen LogP contribution in [0.15, 0.2) is 60.7 Å². The van der Waals surface area contributed by atoms with Gasteiger partial charge in [0.1, 0.15) is 0 Å². The van der Waals surface area contributed by atoms with Crippen LogP contribution in [-0.4, -0.2) is 12.6 Å². The number of para-hydroxylation sites is 1. The van der Waals surface area contributed by atoms with E-state index >= 15 is 0 Å². The van der Waals surface area contributed by atoms with E-state index < -0.39 is 0 Å². The minimum absolute atomic E-state index is 0.135. The third kappa shape index (κ3) is 6.13. The van der Waals surface area contributed by atoms with E-state index in [1.807, 2.05) is 36.4 Å². The van der Waals surface area contributed by atoms with E-state index in [1.165, 1.54) is 5.56 Å². The number of nitrogens with one attached hydrogen (secondary N) is 2. The zero-order chi connectivity index (χ0) is 14.8. The quantitative estimate of drug-likeness (QED) is 0.733. The van der Waals surface area contributed by atoms with Gasteiger partial charge in [-0.3, -0.25) is 0 Å². The van der Waals surface area contributed by atoms with Crippen molar-refractivity contribution in [3.63, 3.8) is 0 Å². The van der Waals surface area contributed by atoms with Crippen LogP contribution in [0.25, 0.3) is 0 Å². The highest BCUT2D eigenvalue weighted by molar-refractivity contribution is 5.89. The van der Waals surface area contributed by atoms with E-state index in [9.17, 15) is 4.79 Å². The van der Waals surface area contributed by atoms with Crippen LogP contribution in [0.4, 0.5) is 10.5 Å². The second-order valence-corrected chi connectivity index (χ2v) is 5.04. The smallest absolute Gasteiger partial charge is 0.319 e. The van der Waals surface area contributed by atoms with E-state index in [-0.39, 0.29) is 6.03 Å². The molecule has 2 amide bonds. The largest absolute Gasteiger partial charge is 0.338 e. The first-order valence-corrected chi connectivity index (χ1v) is 7.48. The molecule has 3 nitrogen and oxygen atoms in total. The van der Waals surface area contributed by atoms with Crippen molar-refractivity contribution in [3.8, 4) is 0 Å². The Hall–Kier alpha value is -2.29. The Labute approximate surface area is 126 Å². The van der Waals surface area contributed by atoms with Gasteiger partial charge in [-0.05, 0) is 37.0 Å². The Morgan fingerprint density at radius 1 is 0.810 bits per heavy atom. The number of hydrogen-bond donors (Lipinski definition) is 2. The molecule has 0 aliphatic heterocycles. The summed E-state index contributed by atoms with van der Waals surface area (Å²) in [5.74, 6) is 0. The summed E-state index contributed by atoms with van der Waals surface area (Å²) in [5.41, 5.74) is 2.20. The summed E-state index contributed by atoms with van der Waals surface area (Å²) in [7, 11) is 0. The van der Waals surface area contributed by atoms with E-state index in [1.54, 1.807) is 0 Å². The van der Waals surface area contributed by atoms with Gasteiger partial charge in [0.15, 0.2) is 0 Å². The molecule has 0 heterocycles. The Bertz CT molecular complexity index is 525. The minimum atomic E-state index is -0.135. The third-order valence-electron chi connectivity index (χ3n) is 3.30. The van der Waals surface area contributed by atoms with Gasteiger partial charge in [-0.1, -0.05) is 55.0 Å². The van der Waals surface area contributed by atoms with Crippen LogP contribution in [-0.2, 0) is 6.42 Å². The van der Waals surface area contributed by atoms with Crippen LogP contribution in [0, 0.1) is 0 Å². The molecule has 2 rings (SSSR count). The molecular formula is C18H22N2O. The second-order valence-electron chi connectivity index (χ2n) is 5.04. The molecule has 3 heteroatoms. The van der Waals surface area contributed by atoms with Gasteiger partial charge in [0.05, 0.1) is 0 Å². The molecule has 2 N–H and O–H groups in total. The standard InChI is InChI=1S/C18H22N2O/c21-18(20-17-13-7-2-8-14-17)19-15-9-3-6-12-16-10-4-1-5-11-16/h1-2,4-5,7-8,10-11,13-14H,3,6,9,12,15H2,(H2,19,20,21). The molecule has 0 aliphatic carbocycles. The number of urea groups is 1. The highest BCUT2D eigenvalue weighted by atomic mass is 16.2. The molecule has 2 aromatic carbocycles. The predicted octanol–water partition coefficient (Wildman–Crippen LogP) is 4.22. The van der Waals surface area contributed by atoms with Crippen LogP contribution in [0.2, 0.25) is 0 Å². The van der Waals surface area contributed by atoms with Gasteiger partial charge < -0.3 is 10.6 Å². The fourth-order valence-electron chi connectivity index (χ4n) is 2.17. The maximum Gasteiger partial charge on any atom is 0.319 e. The molecule has 110 valence electrons. The number of anilines is 1. The number of aryl methyl sites for hydroxylation is 1. The van der Waals surface area contributed by atoms with Gasteiger partial charge in [0.25, 0.3) is 0 Å². The SMILES string of the molecule is O=C(NCCCCCc1ccccc1)Nc1ccccc1. The normalized spacial score (nSPS) is 10.1. The number of carbonyl (C=O) groups excluding carboxylic acids is 1. The monoisotopic (exact) mass is 282 g/mol. The summed E-state index contributed by atoms with van der Waals surface area (Å²) in [4.78, 5) is 11.6. The topological polar surface area (TPSA) is 41.1 Å². The average molecular weight is 282 g/mol. The lowest BCUT2D eigenvalue weighted by molar-refractivity contribution is 0.252. The summed E-state index contributed by atoms with van der Waals surface area (Å²) in [6.07, 6.45) is 4.40. The van der Waals surface area contributed by atoms with Gasteiger partial charge in [-0.2, -0.15) is 0 Å². The molecule has 0 saturated carbocycles. The second kappa shape index (κ2) is 8.80. The van der Waals surface area contributed by atoms with Crippen molar-refractivity contribution in [2.75, 3.05) is 11.9 Å². The molecule has 0 radical (unpaired) electrons. The lowest BCUT2D eigenvalue weighted by Crippen LogP contribution is -2.29. The molecule has 2 aromatic rings. The van der Waals surface area contributed by atoms with Crippen molar-refractivity contribution in [3.05, 3.63) is 66.2 Å². The maximum atomic E-state index is 11.6. The molecule has 0 bridgehead atoms. The zero-order valence-electron chi connectivity index (χ0n) is 12.2. The fourth-order valence-corrected chi connectivity index (χ4v) is 2.17. The van der Waals surface area contributed by atoms with E-state index in [0.29, 0.717) is 6.54 Å². The zero-order valence-corrected chi connectivity index (χ0v) is 12.2. The first-order chi connectivity index (χ1) is 10.3. The first kappa shape index (κ1) is 15.1. The van der Waals surface area contributed by atoms with E-state index in [0.717, 1.165) is 31.4 Å². The number of benzene rings is 2. The van der Waals surface area contributed by atoms with Gasteiger partial charge in [0, 0.05) is 12.2 Å². The molecule has 0 unspecified atom stereocenters. The maximum absolute atomic E-state index is 11.6. The molecule has 0 fully saturated rings. The minimum Gasteiger partial charge on any atom is -0.338 e. The first-order valence-electron chi connectivity index (χ1n) is 7.48. The molecule has 0 aromatic heterocycles. The van der Waals surface area contributed by atoms with Crippen LogP contribution in [0.3, 0.4) is 0 Å². The number of hydrogen-bond acceptors (Lipinski definition) is 1. The van der Waals surface area contributed by atoms with Gasteiger partial charge in [-0.25, -0.2) is 4.79 Å². The van der Waals surface area contributed by atoms with Crippen LogP contribution in [0.5, 0.6) is 0 Å². The van der Waals surface area contributed by atoms with Crippen molar-refractivity contribution >= 4 is 11.7 Å². The molecule has 0 atom stereocenters. The van der Waals surface area contributed by atoms with Gasteiger partial charge in [0.2, 0.25) is 0 Å². The molecule has 0 saturated heterocycles. The highest BCUT2D eigenvalue weighted by Gasteiger charge is 1.99. The Balaban J connectivity index is 1.52. The number of carbonyl (C=O) groups is 1. The lowest BCUT2D eigenvalue weighted by Gasteiger charge is -2.07. The Morgan fingerprint density at radius 3 is 2.19 bits per heavy atom. The Kier molecular flexibility index (Phi) is 6.33. The average Bonchev–Trinajstić information content (AvgIpc) is 2.53. The molecule has 0 aliphatic rings. The predicted molar refractivity (Wildman–Crippen MR) is 87.5 cm³/mol. The molecule has 21 heavy (non-hydrogen) atoms. The van der Waals surface area contributed by atoms with Crippen molar-refractivity contribution in [2.45, 2.75) is 25.7 Å². The van der Waals surface area contributed by atoms with Crippen LogP contribution in [0.1, 0.15) is 24.8 Å². The number of unbranched alkanes of at least 4 members (excludes halogenated alkanes) is 2. The summed E-state index contributed by atoms with van der Waals surface area (Å²) in [5, 5.41) is 5.69. The fraction of sp³-hybridized carbons (Fsp3) is 0.278. The van der Waals surface area contributed by atoms with Crippen molar-refractivity contribution in [1.82, 2.24) is 5.32 Å². The summed E-state index contributed by atoms with van der Waals surface area (Å²) in [6, 6.07) is 19.8. The van der Waals surface area contributed by atoms with Gasteiger partial charge >= 0.3 is 6.03 Å². The molecular weight excluding hydrogens is 260 g/mol. The van der Waals surface area contributed by atoms with Crippen molar-refractivity contribution in [1.29, 1.82) is 0 Å². The summed E-state index contributed by atoms with van der Waals surface area (Å²) >= 11 is 0. The van der Waals surface area contributed by atoms with E-state index in [2.05, 4.69) is 34.9 Å². The third-order valence-corrected chi connectivity index (χ3v) is 3.30. The Morgan fingerprint density at radius 2 is 1.48 bits per heavy atom. The van der Waals surface area contributed by atoms with Crippen LogP contribution >= 0.6 is 0 Å². The number of rotatable bonds is 7. The summed E-state index contributed by atoms with van der Waals surface area (Å²) < 4.78 is 0. The molecule has 0 spiro atoms. The van der Waals surface area contributed by atoms with Crippen molar-refractivity contribution in [2.24, 2.45) is 0 Å². The highest BCUT2D eigenvalue weighted by Crippen LogP contribution is 2.06. The van der Waals surface area contributed by atoms with Crippen molar-refractivity contribution < 1.29 is 4.79 Å². The lowest BCUT2D eigenvalue weighted by atomic mass is 10.1.